The highest BCUT2D eigenvalue weighted by atomic mass is 14.0. The Morgan fingerprint density at radius 1 is 1.45 bits per heavy atom. The maximum Gasteiger partial charge on any atom is -0.0322 e. The van der Waals surface area contributed by atoms with Gasteiger partial charge in [0.2, 0.25) is 0 Å². The van der Waals surface area contributed by atoms with Gasteiger partial charge in [0, 0.05) is 0 Å². The van der Waals surface area contributed by atoms with Gasteiger partial charge in [0.15, 0.2) is 0 Å². The Labute approximate surface area is 71.0 Å². The van der Waals surface area contributed by atoms with Crippen molar-refractivity contribution >= 4 is 0 Å². The molecule has 0 aliphatic carbocycles. The zero-order valence-corrected chi connectivity index (χ0v) is 8.06. The van der Waals surface area contributed by atoms with Crippen LogP contribution in [0.4, 0.5) is 0 Å². The average Bonchev–Trinajstić information content (AvgIpc) is 1.97. The number of allylic oxidation sites excluding steroid dienone is 3. The van der Waals surface area contributed by atoms with E-state index in [0.717, 1.165) is 12.3 Å². The topological polar surface area (TPSA) is 0 Å². The first kappa shape index (κ1) is 10.5. The minimum Gasteiger partial charge on any atom is -0.103 e. The molecule has 0 bridgehead atoms. The number of hydrogen-bond donors (Lipinski definition) is 0. The molecule has 0 heterocycles. The fourth-order valence-corrected chi connectivity index (χ4v) is 0.957. The van der Waals surface area contributed by atoms with Crippen LogP contribution < -0.4 is 0 Å². The molecule has 0 rings (SSSR count). The fourth-order valence-electron chi connectivity index (χ4n) is 0.957. The molecule has 0 aromatic heterocycles. The molecule has 1 atom stereocenters. The van der Waals surface area contributed by atoms with Crippen LogP contribution in [-0.4, -0.2) is 0 Å². The van der Waals surface area contributed by atoms with Crippen LogP contribution in [0.3, 0.4) is 0 Å². The van der Waals surface area contributed by atoms with E-state index in [1.165, 1.54) is 18.4 Å². The van der Waals surface area contributed by atoms with E-state index in [0.29, 0.717) is 0 Å². The molecule has 0 saturated carbocycles. The molecule has 0 aromatic rings. The summed E-state index contributed by atoms with van der Waals surface area (Å²) >= 11 is 0. The summed E-state index contributed by atoms with van der Waals surface area (Å²) in [5.41, 5.74) is 1.43. The zero-order chi connectivity index (χ0) is 8.69. The van der Waals surface area contributed by atoms with E-state index in [9.17, 15) is 0 Å². The predicted octanol–water partition coefficient (Wildman–Crippen LogP) is 3.95. The van der Waals surface area contributed by atoms with Crippen molar-refractivity contribution in [1.29, 1.82) is 0 Å². The van der Waals surface area contributed by atoms with Crippen molar-refractivity contribution in [2.24, 2.45) is 5.92 Å². The number of hydrogen-bond acceptors (Lipinski definition) is 0. The van der Waals surface area contributed by atoms with Gasteiger partial charge in [0.05, 0.1) is 0 Å². The maximum absolute atomic E-state index is 3.71. The summed E-state index contributed by atoms with van der Waals surface area (Å²) in [6.45, 7) is 10.3. The molecule has 0 amide bonds. The average molecular weight is 152 g/mol. The maximum atomic E-state index is 3.71. The minimum atomic E-state index is 0.808. The standard InChI is InChI=1S/C11H20/c1-5-6-7-11(4)9-8-10(2)3/h5,8,11H,1,6-7,9H2,2-4H3. The van der Waals surface area contributed by atoms with Gasteiger partial charge in [0.1, 0.15) is 0 Å². The van der Waals surface area contributed by atoms with Crippen LogP contribution in [0.15, 0.2) is 24.3 Å². The van der Waals surface area contributed by atoms with Crippen molar-refractivity contribution in [1.82, 2.24) is 0 Å². The first-order chi connectivity index (χ1) is 5.16. The smallest absolute Gasteiger partial charge is 0.0322 e. The summed E-state index contributed by atoms with van der Waals surface area (Å²) in [4.78, 5) is 0. The molecule has 0 nitrogen and oxygen atoms in total. The summed E-state index contributed by atoms with van der Waals surface area (Å²) < 4.78 is 0. The van der Waals surface area contributed by atoms with Gasteiger partial charge in [-0.3, -0.25) is 0 Å². The molecule has 0 radical (unpaired) electrons. The predicted molar refractivity (Wildman–Crippen MR) is 52.6 cm³/mol. The van der Waals surface area contributed by atoms with Crippen LogP contribution in [0.5, 0.6) is 0 Å². The fraction of sp³-hybridized carbons (Fsp3) is 0.636. The van der Waals surface area contributed by atoms with Gasteiger partial charge in [-0.2, -0.15) is 0 Å². The first-order valence-corrected chi connectivity index (χ1v) is 4.41. The van der Waals surface area contributed by atoms with Crippen LogP contribution >= 0.6 is 0 Å². The van der Waals surface area contributed by atoms with Gasteiger partial charge in [-0.25, -0.2) is 0 Å². The second-order valence-electron chi connectivity index (χ2n) is 3.49. The Bertz CT molecular complexity index is 127. The molecular formula is C11H20. The summed E-state index contributed by atoms with van der Waals surface area (Å²) in [7, 11) is 0. The minimum absolute atomic E-state index is 0.808. The van der Waals surface area contributed by atoms with E-state index < -0.39 is 0 Å². The lowest BCUT2D eigenvalue weighted by atomic mass is 10.0. The molecule has 0 spiro atoms. The van der Waals surface area contributed by atoms with Crippen molar-refractivity contribution in [2.45, 2.75) is 40.0 Å². The SMILES string of the molecule is C=CCCC(C)CC=C(C)C. The lowest BCUT2D eigenvalue weighted by Crippen LogP contribution is -1.91. The second-order valence-corrected chi connectivity index (χ2v) is 3.49. The van der Waals surface area contributed by atoms with E-state index in [1.807, 2.05) is 6.08 Å². The molecule has 0 fully saturated rings. The van der Waals surface area contributed by atoms with Gasteiger partial charge in [-0.15, -0.1) is 6.58 Å². The molecule has 1 unspecified atom stereocenters. The third-order valence-corrected chi connectivity index (χ3v) is 1.79. The highest BCUT2D eigenvalue weighted by molar-refractivity contribution is 4.93. The molecule has 0 aliphatic heterocycles. The summed E-state index contributed by atoms with van der Waals surface area (Å²) in [5.74, 6) is 0.808. The van der Waals surface area contributed by atoms with Gasteiger partial charge < -0.3 is 0 Å². The van der Waals surface area contributed by atoms with Crippen LogP contribution in [0.2, 0.25) is 0 Å². The highest BCUT2D eigenvalue weighted by Crippen LogP contribution is 2.11. The Morgan fingerprint density at radius 3 is 2.55 bits per heavy atom. The van der Waals surface area contributed by atoms with E-state index in [-0.39, 0.29) is 0 Å². The third-order valence-electron chi connectivity index (χ3n) is 1.79. The largest absolute Gasteiger partial charge is 0.103 e. The molecule has 0 saturated heterocycles. The lowest BCUT2D eigenvalue weighted by Gasteiger charge is -2.05. The third kappa shape index (κ3) is 7.38. The normalized spacial score (nSPS) is 12.3. The van der Waals surface area contributed by atoms with Crippen molar-refractivity contribution in [3.8, 4) is 0 Å². The summed E-state index contributed by atoms with van der Waals surface area (Å²) in [6.07, 6.45) is 7.95. The number of rotatable bonds is 5. The van der Waals surface area contributed by atoms with E-state index in [4.69, 9.17) is 0 Å². The zero-order valence-electron chi connectivity index (χ0n) is 8.06. The molecular weight excluding hydrogens is 132 g/mol. The highest BCUT2D eigenvalue weighted by Gasteiger charge is 1.96. The Balaban J connectivity index is 3.44. The lowest BCUT2D eigenvalue weighted by molar-refractivity contribution is 0.545. The molecule has 11 heavy (non-hydrogen) atoms. The quantitative estimate of drug-likeness (QED) is 0.523. The second kappa shape index (κ2) is 6.21. The van der Waals surface area contributed by atoms with E-state index in [2.05, 4.69) is 33.4 Å². The van der Waals surface area contributed by atoms with E-state index >= 15 is 0 Å². The van der Waals surface area contributed by atoms with Crippen molar-refractivity contribution < 1.29 is 0 Å². The monoisotopic (exact) mass is 152 g/mol. The van der Waals surface area contributed by atoms with Gasteiger partial charge >= 0.3 is 0 Å². The first-order valence-electron chi connectivity index (χ1n) is 4.41. The summed E-state index contributed by atoms with van der Waals surface area (Å²) in [6, 6.07) is 0. The van der Waals surface area contributed by atoms with Crippen LogP contribution in [0, 0.1) is 5.92 Å². The van der Waals surface area contributed by atoms with Crippen LogP contribution in [0.1, 0.15) is 40.0 Å². The van der Waals surface area contributed by atoms with Gasteiger partial charge in [-0.05, 0) is 39.0 Å². The molecule has 0 aromatic carbocycles. The van der Waals surface area contributed by atoms with Crippen molar-refractivity contribution in [3.05, 3.63) is 24.3 Å². The van der Waals surface area contributed by atoms with Crippen molar-refractivity contribution in [2.75, 3.05) is 0 Å². The Morgan fingerprint density at radius 2 is 2.09 bits per heavy atom. The van der Waals surface area contributed by atoms with Crippen LogP contribution in [0.25, 0.3) is 0 Å². The molecule has 0 heteroatoms. The van der Waals surface area contributed by atoms with Gasteiger partial charge in [-0.1, -0.05) is 24.6 Å². The van der Waals surface area contributed by atoms with Crippen LogP contribution in [-0.2, 0) is 0 Å². The molecule has 0 N–H and O–H groups in total. The van der Waals surface area contributed by atoms with Gasteiger partial charge in [0.25, 0.3) is 0 Å². The van der Waals surface area contributed by atoms with E-state index in [1.54, 1.807) is 0 Å². The van der Waals surface area contributed by atoms with Crippen molar-refractivity contribution in [3.63, 3.8) is 0 Å². The Kier molecular flexibility index (Phi) is 5.91. The molecule has 64 valence electrons. The summed E-state index contributed by atoms with van der Waals surface area (Å²) in [5, 5.41) is 0. The molecule has 0 aliphatic rings. The Hall–Kier alpha value is -0.520.